The summed E-state index contributed by atoms with van der Waals surface area (Å²) in [5.74, 6) is 1.19. The molecule has 4 rings (SSSR count). The van der Waals surface area contributed by atoms with Crippen molar-refractivity contribution in [3.05, 3.63) is 53.3 Å². The number of hydrogen-bond donors (Lipinski definition) is 2. The summed E-state index contributed by atoms with van der Waals surface area (Å²) in [5.41, 5.74) is 2.41. The second-order valence-electron chi connectivity index (χ2n) is 6.15. The number of imidazole rings is 1. The molecule has 0 radical (unpaired) electrons. The number of hydrogen-bond acceptors (Lipinski definition) is 4. The van der Waals surface area contributed by atoms with Crippen LogP contribution in [0.5, 0.6) is 5.75 Å². The molecule has 1 saturated heterocycles. The third-order valence-electron chi connectivity index (χ3n) is 4.20. The average Bonchev–Trinajstić information content (AvgIpc) is 3.30. The third-order valence-corrected chi connectivity index (χ3v) is 4.45. The van der Waals surface area contributed by atoms with Gasteiger partial charge in [-0.2, -0.15) is 0 Å². The summed E-state index contributed by atoms with van der Waals surface area (Å²) in [7, 11) is 0. The molecule has 0 unspecified atom stereocenters. The highest BCUT2D eigenvalue weighted by Gasteiger charge is 2.21. The van der Waals surface area contributed by atoms with Gasteiger partial charge >= 0.3 is 0 Å². The Morgan fingerprint density at radius 3 is 2.92 bits per heavy atom. The van der Waals surface area contributed by atoms with Gasteiger partial charge in [0, 0.05) is 17.3 Å². The number of anilines is 1. The van der Waals surface area contributed by atoms with Gasteiger partial charge in [-0.25, -0.2) is 4.98 Å². The number of halogens is 1. The third kappa shape index (κ3) is 3.81. The number of amides is 1. The normalized spacial score (nSPS) is 16.7. The van der Waals surface area contributed by atoms with Crippen molar-refractivity contribution in [3.63, 3.8) is 0 Å². The van der Waals surface area contributed by atoms with E-state index in [0.29, 0.717) is 16.5 Å². The highest BCUT2D eigenvalue weighted by molar-refractivity contribution is 6.30. The first-order valence-corrected chi connectivity index (χ1v) is 8.85. The molecule has 2 heterocycles. The van der Waals surface area contributed by atoms with Gasteiger partial charge in [-0.1, -0.05) is 11.6 Å². The van der Waals surface area contributed by atoms with Crippen LogP contribution in [0.2, 0.25) is 5.02 Å². The number of rotatable bonds is 5. The van der Waals surface area contributed by atoms with E-state index in [1.165, 1.54) is 0 Å². The summed E-state index contributed by atoms with van der Waals surface area (Å²) in [5, 5.41) is 3.45. The van der Waals surface area contributed by atoms with Gasteiger partial charge in [0.05, 0.1) is 11.0 Å². The van der Waals surface area contributed by atoms with Crippen LogP contribution >= 0.6 is 11.6 Å². The van der Waals surface area contributed by atoms with E-state index in [0.717, 1.165) is 36.3 Å². The molecule has 6 nitrogen and oxygen atoms in total. The van der Waals surface area contributed by atoms with Crippen LogP contribution in [0.1, 0.15) is 24.8 Å². The summed E-state index contributed by atoms with van der Waals surface area (Å²) in [6, 6.07) is 12.4. The van der Waals surface area contributed by atoms with E-state index in [2.05, 4.69) is 15.3 Å². The SMILES string of the molecule is O=C(COc1ccc(Cl)cc1)Nc1ccc2nc([C@H]3CCCO3)[nH]c2c1. The summed E-state index contributed by atoms with van der Waals surface area (Å²) in [6.45, 7) is 0.695. The van der Waals surface area contributed by atoms with Crippen molar-refractivity contribution in [2.45, 2.75) is 18.9 Å². The van der Waals surface area contributed by atoms with Gasteiger partial charge in [0.1, 0.15) is 17.7 Å². The maximum Gasteiger partial charge on any atom is 0.262 e. The number of H-pyrrole nitrogens is 1. The van der Waals surface area contributed by atoms with Crippen LogP contribution in [-0.2, 0) is 9.53 Å². The molecule has 26 heavy (non-hydrogen) atoms. The summed E-state index contributed by atoms with van der Waals surface area (Å²) in [6.07, 6.45) is 2.07. The Hall–Kier alpha value is -2.57. The van der Waals surface area contributed by atoms with Crippen LogP contribution in [0.4, 0.5) is 5.69 Å². The van der Waals surface area contributed by atoms with E-state index in [4.69, 9.17) is 21.1 Å². The number of aromatic amines is 1. The van der Waals surface area contributed by atoms with Crippen molar-refractivity contribution in [2.24, 2.45) is 0 Å². The number of nitrogens with one attached hydrogen (secondary N) is 2. The molecule has 0 bridgehead atoms. The molecule has 0 saturated carbocycles. The zero-order chi connectivity index (χ0) is 17.9. The Balaban J connectivity index is 1.39. The Kier molecular flexibility index (Phi) is 4.77. The summed E-state index contributed by atoms with van der Waals surface area (Å²) < 4.78 is 11.1. The van der Waals surface area contributed by atoms with Crippen molar-refractivity contribution >= 4 is 34.2 Å². The second kappa shape index (κ2) is 7.35. The van der Waals surface area contributed by atoms with E-state index in [1.54, 1.807) is 24.3 Å². The Labute approximate surface area is 155 Å². The minimum absolute atomic E-state index is 0.0354. The number of ether oxygens (including phenoxy) is 2. The van der Waals surface area contributed by atoms with Crippen LogP contribution in [-0.4, -0.2) is 29.1 Å². The standard InChI is InChI=1S/C19H18ClN3O3/c20-12-3-6-14(7-4-12)26-11-18(24)21-13-5-8-15-16(10-13)23-19(22-15)17-2-1-9-25-17/h3-8,10,17H,1-2,9,11H2,(H,21,24)(H,22,23)/t17-/m1/s1. The molecule has 1 aliphatic rings. The van der Waals surface area contributed by atoms with Crippen molar-refractivity contribution in [3.8, 4) is 5.75 Å². The van der Waals surface area contributed by atoms with Crippen molar-refractivity contribution < 1.29 is 14.3 Å². The van der Waals surface area contributed by atoms with E-state index >= 15 is 0 Å². The predicted octanol–water partition coefficient (Wildman–Crippen LogP) is 4.09. The molecule has 2 N–H and O–H groups in total. The first-order chi connectivity index (χ1) is 12.7. The smallest absolute Gasteiger partial charge is 0.262 e. The molecular weight excluding hydrogens is 354 g/mol. The van der Waals surface area contributed by atoms with E-state index in [9.17, 15) is 4.79 Å². The number of carbonyl (C=O) groups is 1. The van der Waals surface area contributed by atoms with Crippen LogP contribution in [0, 0.1) is 0 Å². The van der Waals surface area contributed by atoms with E-state index in [-0.39, 0.29) is 18.6 Å². The van der Waals surface area contributed by atoms with Crippen LogP contribution in [0.3, 0.4) is 0 Å². The lowest BCUT2D eigenvalue weighted by Gasteiger charge is -2.07. The second-order valence-corrected chi connectivity index (χ2v) is 6.58. The number of carbonyl (C=O) groups excluding carboxylic acids is 1. The Morgan fingerprint density at radius 1 is 1.31 bits per heavy atom. The van der Waals surface area contributed by atoms with E-state index < -0.39 is 0 Å². The number of nitrogens with zero attached hydrogens (tertiary/aromatic N) is 1. The Bertz CT molecular complexity index is 917. The summed E-state index contributed by atoms with van der Waals surface area (Å²) >= 11 is 5.82. The number of benzene rings is 2. The van der Waals surface area contributed by atoms with Gasteiger partial charge in [-0.15, -0.1) is 0 Å². The highest BCUT2D eigenvalue weighted by Crippen LogP contribution is 2.28. The molecule has 1 aliphatic heterocycles. The zero-order valence-electron chi connectivity index (χ0n) is 14.0. The lowest BCUT2D eigenvalue weighted by molar-refractivity contribution is -0.118. The quantitative estimate of drug-likeness (QED) is 0.708. The highest BCUT2D eigenvalue weighted by atomic mass is 35.5. The fraction of sp³-hybridized carbons (Fsp3) is 0.263. The molecule has 3 aromatic rings. The number of fused-ring (bicyclic) bond motifs is 1. The van der Waals surface area contributed by atoms with Crippen molar-refractivity contribution in [2.75, 3.05) is 18.5 Å². The molecule has 0 aliphatic carbocycles. The van der Waals surface area contributed by atoms with Gasteiger partial charge in [-0.3, -0.25) is 4.79 Å². The predicted molar refractivity (Wildman–Crippen MR) is 99.6 cm³/mol. The minimum Gasteiger partial charge on any atom is -0.484 e. The fourth-order valence-electron chi connectivity index (χ4n) is 2.93. The van der Waals surface area contributed by atoms with Crippen LogP contribution < -0.4 is 10.1 Å². The van der Waals surface area contributed by atoms with Gasteiger partial charge in [0.2, 0.25) is 0 Å². The van der Waals surface area contributed by atoms with Crippen LogP contribution in [0.25, 0.3) is 11.0 Å². The largest absolute Gasteiger partial charge is 0.484 e. The monoisotopic (exact) mass is 371 g/mol. The number of aromatic nitrogens is 2. The first-order valence-electron chi connectivity index (χ1n) is 8.47. The lowest BCUT2D eigenvalue weighted by Crippen LogP contribution is -2.20. The molecule has 1 fully saturated rings. The van der Waals surface area contributed by atoms with Crippen LogP contribution in [0.15, 0.2) is 42.5 Å². The lowest BCUT2D eigenvalue weighted by atomic mass is 10.2. The van der Waals surface area contributed by atoms with Gasteiger partial charge in [0.15, 0.2) is 6.61 Å². The average molecular weight is 372 g/mol. The molecule has 7 heteroatoms. The van der Waals surface area contributed by atoms with Gasteiger partial charge < -0.3 is 19.8 Å². The fourth-order valence-corrected chi connectivity index (χ4v) is 3.06. The Morgan fingerprint density at radius 2 is 2.15 bits per heavy atom. The molecule has 2 aromatic carbocycles. The maximum atomic E-state index is 12.1. The summed E-state index contributed by atoms with van der Waals surface area (Å²) in [4.78, 5) is 19.9. The first kappa shape index (κ1) is 16.9. The molecular formula is C19H18ClN3O3. The molecule has 1 amide bonds. The van der Waals surface area contributed by atoms with Crippen molar-refractivity contribution in [1.82, 2.24) is 9.97 Å². The molecule has 134 valence electrons. The maximum absolute atomic E-state index is 12.1. The zero-order valence-corrected chi connectivity index (χ0v) is 14.8. The van der Waals surface area contributed by atoms with E-state index in [1.807, 2.05) is 18.2 Å². The molecule has 1 aromatic heterocycles. The molecule has 1 atom stereocenters. The molecule has 0 spiro atoms. The topological polar surface area (TPSA) is 76.2 Å². The minimum atomic E-state index is -0.238. The van der Waals surface area contributed by atoms with Gasteiger partial charge in [0.25, 0.3) is 5.91 Å². The van der Waals surface area contributed by atoms with Gasteiger partial charge in [-0.05, 0) is 55.3 Å². The van der Waals surface area contributed by atoms with Crippen molar-refractivity contribution in [1.29, 1.82) is 0 Å².